The molecule has 0 bridgehead atoms. The molecule has 0 radical (unpaired) electrons. The van der Waals surface area contributed by atoms with Gasteiger partial charge in [0.1, 0.15) is 18.8 Å². The standard InChI is InChI=1S/C27H38N2O17/c1-11(30)38-9-20-23(43-15(5)34)24(44-16(6)35)25(45-17(7)36)26(46-20)27(29-37)28-8-18-21(41-13(3)32)22(42-14(4)33)19(10-39-18)40-12(2)31/h18-26,37H,8-10H2,1-7H3,(H,28,29)/t18-,19+,20+,21-,22-,23+,24-,25+,26+/m0/s1. The number of carbonyl (C=O) groups excluding carboxylic acids is 7. The first-order valence-electron chi connectivity index (χ1n) is 13.9. The maximum absolute atomic E-state index is 12.1. The summed E-state index contributed by atoms with van der Waals surface area (Å²) >= 11 is 0. The topological polar surface area (TPSA) is 247 Å². The summed E-state index contributed by atoms with van der Waals surface area (Å²) < 4.78 is 48.7. The highest BCUT2D eigenvalue weighted by atomic mass is 16.7. The van der Waals surface area contributed by atoms with Crippen LogP contribution in [0.25, 0.3) is 0 Å². The van der Waals surface area contributed by atoms with E-state index in [0.29, 0.717) is 0 Å². The molecule has 2 aliphatic heterocycles. The van der Waals surface area contributed by atoms with E-state index in [1.54, 1.807) is 0 Å². The van der Waals surface area contributed by atoms with Gasteiger partial charge in [-0.25, -0.2) is 0 Å². The minimum absolute atomic E-state index is 0.309. The molecule has 0 aliphatic carbocycles. The molecule has 0 spiro atoms. The van der Waals surface area contributed by atoms with E-state index in [1.807, 2.05) is 5.48 Å². The molecule has 2 rings (SSSR count). The molecule has 0 aromatic heterocycles. The van der Waals surface area contributed by atoms with Crippen molar-refractivity contribution in [3.63, 3.8) is 0 Å². The van der Waals surface area contributed by atoms with Gasteiger partial charge < -0.3 is 42.6 Å². The van der Waals surface area contributed by atoms with Gasteiger partial charge in [0.05, 0.1) is 13.2 Å². The molecule has 258 valence electrons. The summed E-state index contributed by atoms with van der Waals surface area (Å²) in [4.78, 5) is 87.6. The normalized spacial score (nSPS) is 29.3. The van der Waals surface area contributed by atoms with Crippen molar-refractivity contribution < 1.29 is 81.4 Å². The first kappa shape index (κ1) is 37.8. The molecule has 2 N–H and O–H groups in total. The largest absolute Gasteiger partial charge is 0.463 e. The molecule has 19 heteroatoms. The molecule has 0 aromatic carbocycles. The quantitative estimate of drug-likeness (QED) is 0.0856. The summed E-state index contributed by atoms with van der Waals surface area (Å²) in [7, 11) is 0. The maximum atomic E-state index is 12.1. The van der Waals surface area contributed by atoms with Crippen molar-refractivity contribution in [1.29, 1.82) is 0 Å². The van der Waals surface area contributed by atoms with Crippen molar-refractivity contribution >= 4 is 47.6 Å². The van der Waals surface area contributed by atoms with Gasteiger partial charge in [-0.05, 0) is 0 Å². The highest BCUT2D eigenvalue weighted by molar-refractivity contribution is 5.87. The molecule has 0 unspecified atom stereocenters. The number of esters is 7. The van der Waals surface area contributed by atoms with Gasteiger partial charge >= 0.3 is 41.8 Å². The number of rotatable bonds is 11. The van der Waals surface area contributed by atoms with Crippen LogP contribution in [0.4, 0.5) is 0 Å². The fourth-order valence-electron chi connectivity index (χ4n) is 4.80. The lowest BCUT2D eigenvalue weighted by molar-refractivity contribution is -0.242. The van der Waals surface area contributed by atoms with Crippen molar-refractivity contribution in [3.05, 3.63) is 0 Å². The van der Waals surface area contributed by atoms with E-state index in [9.17, 15) is 38.8 Å². The number of amidine groups is 1. The number of carbonyl (C=O) groups is 7. The summed E-state index contributed by atoms with van der Waals surface area (Å²) in [5.74, 6) is -6.09. The van der Waals surface area contributed by atoms with Crippen LogP contribution in [0, 0.1) is 0 Å². The molecule has 2 fully saturated rings. The number of hydrogen-bond donors (Lipinski definition) is 2. The molecule has 46 heavy (non-hydrogen) atoms. The SMILES string of the molecule is CC(=O)OC[C@H]1O[C@@H](C(=NC[C@@H]2OC[C@@H](OC(C)=O)[C@H](OC(C)=O)[C@H]2OC(C)=O)NO)[C@H](OC(C)=O)[C@@H](OC(C)=O)[C@@H]1OC(C)=O. The molecule has 2 heterocycles. The fourth-order valence-corrected chi connectivity index (χ4v) is 4.80. The Morgan fingerprint density at radius 1 is 0.630 bits per heavy atom. The average molecular weight is 663 g/mol. The Kier molecular flexibility index (Phi) is 14.3. The summed E-state index contributed by atoms with van der Waals surface area (Å²) in [6.45, 7) is 6.24. The van der Waals surface area contributed by atoms with Crippen LogP contribution in [0.2, 0.25) is 0 Å². The zero-order chi connectivity index (χ0) is 34.7. The van der Waals surface area contributed by atoms with E-state index in [0.717, 1.165) is 48.5 Å². The number of nitrogens with zero attached hydrogens (tertiary/aromatic N) is 1. The van der Waals surface area contributed by atoms with Crippen molar-refractivity contribution in [2.75, 3.05) is 19.8 Å². The fraction of sp³-hybridized carbons (Fsp3) is 0.704. The monoisotopic (exact) mass is 662 g/mol. The van der Waals surface area contributed by atoms with Crippen LogP contribution in [0.1, 0.15) is 48.5 Å². The van der Waals surface area contributed by atoms with Gasteiger partial charge in [-0.2, -0.15) is 0 Å². The third kappa shape index (κ3) is 11.2. The Balaban J connectivity index is 2.56. The number of nitrogens with one attached hydrogen (secondary N) is 1. The van der Waals surface area contributed by atoms with Crippen LogP contribution in [-0.2, 0) is 76.2 Å². The number of hydroxylamine groups is 1. The molecule has 0 amide bonds. The summed E-state index contributed by atoms with van der Waals surface area (Å²) in [6, 6.07) is 0. The van der Waals surface area contributed by atoms with E-state index in [4.69, 9.17) is 42.6 Å². The van der Waals surface area contributed by atoms with Crippen LogP contribution in [-0.4, -0.2) is 128 Å². The van der Waals surface area contributed by atoms with Crippen molar-refractivity contribution in [2.45, 2.75) is 103 Å². The van der Waals surface area contributed by atoms with Gasteiger partial charge in [0, 0.05) is 48.5 Å². The molecule has 0 aromatic rings. The van der Waals surface area contributed by atoms with Gasteiger partial charge in [0.15, 0.2) is 48.6 Å². The summed E-state index contributed by atoms with van der Waals surface area (Å²) in [5.41, 5.74) is 1.82. The minimum atomic E-state index is -1.60. The Labute approximate surface area is 263 Å². The number of hydrogen-bond acceptors (Lipinski definition) is 18. The van der Waals surface area contributed by atoms with Crippen LogP contribution < -0.4 is 5.48 Å². The van der Waals surface area contributed by atoms with Crippen molar-refractivity contribution in [3.8, 4) is 0 Å². The third-order valence-corrected chi connectivity index (χ3v) is 6.27. The van der Waals surface area contributed by atoms with Gasteiger partial charge in [0.25, 0.3) is 0 Å². The molecule has 2 aliphatic rings. The second-order valence-corrected chi connectivity index (χ2v) is 10.1. The van der Waals surface area contributed by atoms with Gasteiger partial charge in [0.2, 0.25) is 0 Å². The average Bonchev–Trinajstić information content (AvgIpc) is 2.92. The van der Waals surface area contributed by atoms with E-state index in [-0.39, 0.29) is 6.61 Å². The lowest BCUT2D eigenvalue weighted by Crippen LogP contribution is -2.65. The second-order valence-electron chi connectivity index (χ2n) is 10.1. The molecular weight excluding hydrogens is 624 g/mol. The molecule has 0 saturated carbocycles. The molecule has 9 atom stereocenters. The number of ether oxygens (including phenoxy) is 9. The second kappa shape index (κ2) is 17.4. The van der Waals surface area contributed by atoms with E-state index >= 15 is 0 Å². The lowest BCUT2D eigenvalue weighted by atomic mass is 9.93. The summed E-state index contributed by atoms with van der Waals surface area (Å²) in [5, 5.41) is 10.1. The number of aliphatic imine (C=N–C) groups is 1. The predicted octanol–water partition coefficient (Wildman–Crippen LogP) is -1.32. The highest BCUT2D eigenvalue weighted by Crippen LogP contribution is 2.30. The Hall–Kier alpha value is -4.36. The van der Waals surface area contributed by atoms with Crippen LogP contribution in [0.15, 0.2) is 4.99 Å². The summed E-state index contributed by atoms with van der Waals surface area (Å²) in [6.07, 6.45) is -12.5. The minimum Gasteiger partial charge on any atom is -0.463 e. The Morgan fingerprint density at radius 3 is 1.57 bits per heavy atom. The highest BCUT2D eigenvalue weighted by Gasteiger charge is 2.54. The van der Waals surface area contributed by atoms with Gasteiger partial charge in [-0.3, -0.25) is 49.2 Å². The van der Waals surface area contributed by atoms with Crippen LogP contribution in [0.5, 0.6) is 0 Å². The predicted molar refractivity (Wildman–Crippen MR) is 146 cm³/mol. The van der Waals surface area contributed by atoms with E-state index in [1.165, 1.54) is 0 Å². The van der Waals surface area contributed by atoms with E-state index < -0.39 is 116 Å². The zero-order valence-corrected chi connectivity index (χ0v) is 26.2. The van der Waals surface area contributed by atoms with E-state index in [2.05, 4.69) is 4.99 Å². The first-order valence-corrected chi connectivity index (χ1v) is 13.9. The Morgan fingerprint density at radius 2 is 1.09 bits per heavy atom. The smallest absolute Gasteiger partial charge is 0.303 e. The molecule has 2 saturated heterocycles. The lowest BCUT2D eigenvalue weighted by Gasteiger charge is -2.44. The third-order valence-electron chi connectivity index (χ3n) is 6.27. The van der Waals surface area contributed by atoms with Crippen molar-refractivity contribution in [1.82, 2.24) is 5.48 Å². The zero-order valence-electron chi connectivity index (χ0n) is 26.2. The first-order chi connectivity index (χ1) is 21.5. The van der Waals surface area contributed by atoms with Crippen LogP contribution in [0.3, 0.4) is 0 Å². The molecule has 19 nitrogen and oxygen atoms in total. The van der Waals surface area contributed by atoms with Gasteiger partial charge in [-0.1, -0.05) is 0 Å². The van der Waals surface area contributed by atoms with Gasteiger partial charge in [-0.15, -0.1) is 0 Å². The Bertz CT molecular complexity index is 1190. The van der Waals surface area contributed by atoms with Crippen molar-refractivity contribution in [2.24, 2.45) is 4.99 Å². The molecular formula is C27H38N2O17. The maximum Gasteiger partial charge on any atom is 0.303 e. The van der Waals surface area contributed by atoms with Crippen LogP contribution >= 0.6 is 0 Å².